The van der Waals surface area contributed by atoms with Crippen molar-refractivity contribution in [2.75, 3.05) is 32.8 Å². The van der Waals surface area contributed by atoms with Gasteiger partial charge in [-0.2, -0.15) is 0 Å². The minimum atomic E-state index is -0.677. The number of rotatable bonds is 16. The summed E-state index contributed by atoms with van der Waals surface area (Å²) in [4.78, 5) is 48.5. The molecule has 1 spiro atoms. The average molecular weight is 647 g/mol. The number of aliphatic hydroxyl groups is 1. The number of nitrogens with zero attached hydrogens (tertiary/aromatic N) is 3. The number of carbonyl (C=O) groups is 3. The van der Waals surface area contributed by atoms with Crippen LogP contribution in [0.2, 0.25) is 0 Å². The van der Waals surface area contributed by atoms with Crippen LogP contribution in [-0.4, -0.2) is 91.2 Å². The van der Waals surface area contributed by atoms with Gasteiger partial charge in [0, 0.05) is 49.4 Å². The number of thioether (sulfide) groups is 1. The number of benzene rings is 1. The van der Waals surface area contributed by atoms with Gasteiger partial charge in [-0.1, -0.05) is 78.2 Å². The molecule has 9 heteroatoms. The fourth-order valence-corrected chi connectivity index (χ4v) is 10.5. The van der Waals surface area contributed by atoms with E-state index in [2.05, 4.69) is 36.0 Å². The lowest BCUT2D eigenvalue weighted by molar-refractivity contribution is -0.145. The molecule has 2 bridgehead atoms. The number of amides is 3. The first-order valence-corrected chi connectivity index (χ1v) is 16.7. The topological polar surface area (TPSA) is 81.2 Å². The Hall–Kier alpha value is -2.10. The lowest BCUT2D eigenvalue weighted by Crippen LogP contribution is -2.56. The summed E-state index contributed by atoms with van der Waals surface area (Å²) in [6, 6.07) is 9.22. The summed E-state index contributed by atoms with van der Waals surface area (Å²) in [6.07, 6.45) is 8.27. The van der Waals surface area contributed by atoms with E-state index in [4.69, 9.17) is 0 Å². The van der Waals surface area contributed by atoms with Gasteiger partial charge in [-0.15, -0.1) is 24.9 Å². The molecule has 4 rings (SSSR count). The van der Waals surface area contributed by atoms with E-state index in [1.54, 1.807) is 33.7 Å². The molecule has 1 N–H and O–H groups in total. The standard InChI is InChI=1S/C32H44BrN3O4S/c1-4-7-11-18-34(16-5-2)31(40)28-32-21-24(33)27(41-32)25(26(32)30(39)36(28)19-12-13-20-37)29(38)35(17-6-3)22-23-14-9-8-10-15-23/h5-6,8-10,14-15,24-28,37H,2-4,7,11-13,16-22H2,1H3/t24?,25-,26-,27-,28?,32?/m0/s1. The smallest absolute Gasteiger partial charge is 0.247 e. The molecule has 3 heterocycles. The van der Waals surface area contributed by atoms with Gasteiger partial charge in [-0.05, 0) is 31.2 Å². The maximum absolute atomic E-state index is 14.4. The van der Waals surface area contributed by atoms with E-state index in [-0.39, 0.29) is 34.4 Å². The van der Waals surface area contributed by atoms with Crippen molar-refractivity contribution in [1.29, 1.82) is 0 Å². The van der Waals surface area contributed by atoms with E-state index in [1.807, 2.05) is 35.2 Å². The van der Waals surface area contributed by atoms with E-state index in [0.29, 0.717) is 52.0 Å². The Morgan fingerprint density at radius 1 is 1.10 bits per heavy atom. The Bertz CT molecular complexity index is 1100. The summed E-state index contributed by atoms with van der Waals surface area (Å²) >= 11 is 5.55. The van der Waals surface area contributed by atoms with Crippen LogP contribution >= 0.6 is 27.7 Å². The van der Waals surface area contributed by atoms with Gasteiger partial charge in [0.2, 0.25) is 17.7 Å². The Kier molecular flexibility index (Phi) is 11.2. The highest BCUT2D eigenvalue weighted by molar-refractivity contribution is 9.09. The predicted molar refractivity (Wildman–Crippen MR) is 169 cm³/mol. The quantitative estimate of drug-likeness (QED) is 0.161. The lowest BCUT2D eigenvalue weighted by Gasteiger charge is -2.38. The third kappa shape index (κ3) is 6.32. The molecule has 3 amide bonds. The molecule has 3 aliphatic heterocycles. The van der Waals surface area contributed by atoms with Crippen LogP contribution < -0.4 is 0 Å². The van der Waals surface area contributed by atoms with Gasteiger partial charge < -0.3 is 19.8 Å². The van der Waals surface area contributed by atoms with Crippen molar-refractivity contribution in [3.63, 3.8) is 0 Å². The predicted octanol–water partition coefficient (Wildman–Crippen LogP) is 4.64. The summed E-state index contributed by atoms with van der Waals surface area (Å²) in [6.45, 7) is 12.2. The molecule has 3 unspecified atom stereocenters. The normalized spacial score (nSPS) is 28.0. The number of carbonyl (C=O) groups excluding carboxylic acids is 3. The third-order valence-electron chi connectivity index (χ3n) is 8.69. The van der Waals surface area contributed by atoms with Crippen LogP contribution in [0.5, 0.6) is 0 Å². The second kappa shape index (κ2) is 14.4. The minimum Gasteiger partial charge on any atom is -0.396 e. The molecule has 7 nitrogen and oxygen atoms in total. The monoisotopic (exact) mass is 645 g/mol. The molecular formula is C32H44BrN3O4S. The highest BCUT2D eigenvalue weighted by atomic mass is 79.9. The number of hydrogen-bond donors (Lipinski definition) is 1. The van der Waals surface area contributed by atoms with Crippen molar-refractivity contribution in [3.05, 3.63) is 61.2 Å². The number of hydrogen-bond acceptors (Lipinski definition) is 5. The SMILES string of the molecule is C=CCN(CCCCC)C(=O)C1N(CCCCO)C(=O)[C@@H]2[C@H](C(=O)N(CC=C)Cc3ccccc3)[C@H]3SC12CC3Br. The van der Waals surface area contributed by atoms with Crippen LogP contribution in [-0.2, 0) is 20.9 Å². The van der Waals surface area contributed by atoms with E-state index in [9.17, 15) is 19.5 Å². The van der Waals surface area contributed by atoms with E-state index in [0.717, 1.165) is 24.8 Å². The van der Waals surface area contributed by atoms with Crippen molar-refractivity contribution < 1.29 is 19.5 Å². The number of halogens is 1. The molecule has 0 saturated carbocycles. The maximum Gasteiger partial charge on any atom is 0.247 e. The summed E-state index contributed by atoms with van der Waals surface area (Å²) < 4.78 is -0.677. The van der Waals surface area contributed by atoms with E-state index in [1.165, 1.54) is 0 Å². The molecule has 0 radical (unpaired) electrons. The molecule has 41 heavy (non-hydrogen) atoms. The molecule has 1 aromatic rings. The minimum absolute atomic E-state index is 0.0217. The number of aliphatic hydroxyl groups excluding tert-OH is 1. The first kappa shape index (κ1) is 31.8. The summed E-state index contributed by atoms with van der Waals surface area (Å²) in [7, 11) is 0. The molecule has 3 aliphatic rings. The number of fused-ring (bicyclic) bond motifs is 1. The van der Waals surface area contributed by atoms with Gasteiger partial charge >= 0.3 is 0 Å². The molecule has 1 aromatic carbocycles. The number of likely N-dealkylation sites (tertiary alicyclic amines) is 1. The lowest BCUT2D eigenvalue weighted by atomic mass is 9.70. The Morgan fingerprint density at radius 2 is 1.80 bits per heavy atom. The molecule has 6 atom stereocenters. The van der Waals surface area contributed by atoms with E-state index < -0.39 is 22.6 Å². The van der Waals surface area contributed by atoms with Crippen LogP contribution in [0.4, 0.5) is 0 Å². The molecular weight excluding hydrogens is 602 g/mol. The van der Waals surface area contributed by atoms with Crippen LogP contribution in [0.3, 0.4) is 0 Å². The van der Waals surface area contributed by atoms with Crippen LogP contribution in [0.25, 0.3) is 0 Å². The molecule has 224 valence electrons. The maximum atomic E-state index is 14.4. The van der Waals surface area contributed by atoms with Crippen LogP contribution in [0, 0.1) is 11.8 Å². The Morgan fingerprint density at radius 3 is 2.46 bits per heavy atom. The zero-order valence-electron chi connectivity index (χ0n) is 24.1. The summed E-state index contributed by atoms with van der Waals surface area (Å²) in [5.41, 5.74) is 1.02. The first-order chi connectivity index (χ1) is 19.8. The van der Waals surface area contributed by atoms with Crippen molar-refractivity contribution in [3.8, 4) is 0 Å². The van der Waals surface area contributed by atoms with Crippen molar-refractivity contribution in [2.45, 2.75) is 72.9 Å². The van der Waals surface area contributed by atoms with Gasteiger partial charge in [0.25, 0.3) is 0 Å². The van der Waals surface area contributed by atoms with Crippen molar-refractivity contribution in [2.24, 2.45) is 11.8 Å². The highest BCUT2D eigenvalue weighted by Gasteiger charge is 2.75. The number of unbranched alkanes of at least 4 members (excludes halogenated alkanes) is 3. The largest absolute Gasteiger partial charge is 0.396 e. The highest BCUT2D eigenvalue weighted by Crippen LogP contribution is 2.68. The van der Waals surface area contributed by atoms with E-state index >= 15 is 0 Å². The van der Waals surface area contributed by atoms with Gasteiger partial charge in [0.15, 0.2) is 0 Å². The molecule has 0 aliphatic carbocycles. The summed E-state index contributed by atoms with van der Waals surface area (Å²) in [5.74, 6) is -1.29. The molecule has 0 aromatic heterocycles. The summed E-state index contributed by atoms with van der Waals surface area (Å²) in [5, 5.41) is 9.35. The van der Waals surface area contributed by atoms with Gasteiger partial charge in [0.1, 0.15) is 6.04 Å². The Balaban J connectivity index is 1.70. The van der Waals surface area contributed by atoms with Crippen molar-refractivity contribution >= 4 is 45.4 Å². The second-order valence-electron chi connectivity index (χ2n) is 11.4. The van der Waals surface area contributed by atoms with Gasteiger partial charge in [0.05, 0.1) is 16.6 Å². The zero-order chi connectivity index (χ0) is 29.6. The van der Waals surface area contributed by atoms with Gasteiger partial charge in [-0.3, -0.25) is 14.4 Å². The average Bonchev–Trinajstić information content (AvgIpc) is 3.56. The number of alkyl halides is 1. The fourth-order valence-electron chi connectivity index (χ4n) is 6.90. The second-order valence-corrected chi connectivity index (χ2v) is 14.1. The Labute approximate surface area is 257 Å². The van der Waals surface area contributed by atoms with Crippen molar-refractivity contribution in [1.82, 2.24) is 14.7 Å². The van der Waals surface area contributed by atoms with Crippen LogP contribution in [0.1, 0.15) is 51.0 Å². The molecule has 3 fully saturated rings. The molecule has 3 saturated heterocycles. The first-order valence-electron chi connectivity index (χ1n) is 14.9. The fraction of sp³-hybridized carbons (Fsp3) is 0.594. The van der Waals surface area contributed by atoms with Crippen LogP contribution in [0.15, 0.2) is 55.6 Å². The zero-order valence-corrected chi connectivity index (χ0v) is 26.5. The van der Waals surface area contributed by atoms with Gasteiger partial charge in [-0.25, -0.2) is 0 Å². The third-order valence-corrected chi connectivity index (χ3v) is 11.9.